The van der Waals surface area contributed by atoms with Gasteiger partial charge in [0.15, 0.2) is 11.9 Å². The van der Waals surface area contributed by atoms with Gasteiger partial charge in [-0.25, -0.2) is 4.79 Å². The van der Waals surface area contributed by atoms with Crippen LogP contribution in [0, 0.1) is 0 Å². The second-order valence-electron chi connectivity index (χ2n) is 3.78. The lowest BCUT2D eigenvalue weighted by Crippen LogP contribution is -2.19. The second-order valence-corrected chi connectivity index (χ2v) is 4.70. The number of carboxylic acids is 1. The summed E-state index contributed by atoms with van der Waals surface area (Å²) < 4.78 is 0. The Bertz CT molecular complexity index is 471. The molecule has 1 aromatic rings. The minimum Gasteiger partial charge on any atom is -0.479 e. The molecule has 0 fully saturated rings. The lowest BCUT2D eigenvalue weighted by atomic mass is 9.96. The van der Waals surface area contributed by atoms with Crippen molar-refractivity contribution in [3.63, 3.8) is 0 Å². The first-order valence-electron chi connectivity index (χ1n) is 5.16. The number of rotatable bonds is 5. The molecule has 0 bridgehead atoms. The molecule has 6 heteroatoms. The lowest BCUT2D eigenvalue weighted by Gasteiger charge is -2.13. The SMILES string of the molecule is CC(Cl)C(=O)c1ccc(CCl)cc1C(O)C(=O)O. The first-order chi connectivity index (χ1) is 8.38. The number of carboxylic acid groups (broad SMARTS) is 1. The molecule has 0 heterocycles. The average Bonchev–Trinajstić information content (AvgIpc) is 2.35. The number of halogens is 2. The molecule has 18 heavy (non-hydrogen) atoms. The van der Waals surface area contributed by atoms with Gasteiger partial charge in [-0.3, -0.25) is 4.79 Å². The smallest absolute Gasteiger partial charge is 0.337 e. The van der Waals surface area contributed by atoms with Crippen LogP contribution in [-0.4, -0.2) is 27.3 Å². The van der Waals surface area contributed by atoms with Gasteiger partial charge in [0.1, 0.15) is 0 Å². The van der Waals surface area contributed by atoms with E-state index in [1.807, 2.05) is 0 Å². The monoisotopic (exact) mass is 290 g/mol. The maximum absolute atomic E-state index is 11.8. The summed E-state index contributed by atoms with van der Waals surface area (Å²) in [6.07, 6.45) is -1.78. The Kier molecular flexibility index (Phi) is 5.14. The molecular formula is C12H12Cl2O4. The van der Waals surface area contributed by atoms with Crippen LogP contribution in [-0.2, 0) is 10.7 Å². The summed E-state index contributed by atoms with van der Waals surface area (Å²) in [6.45, 7) is 1.48. The van der Waals surface area contributed by atoms with E-state index in [1.165, 1.54) is 19.1 Å². The van der Waals surface area contributed by atoms with Crippen molar-refractivity contribution in [2.75, 3.05) is 0 Å². The maximum atomic E-state index is 11.8. The third kappa shape index (κ3) is 3.22. The van der Waals surface area contributed by atoms with E-state index >= 15 is 0 Å². The van der Waals surface area contributed by atoms with E-state index < -0.39 is 23.2 Å². The largest absolute Gasteiger partial charge is 0.479 e. The summed E-state index contributed by atoms with van der Waals surface area (Å²) >= 11 is 11.3. The van der Waals surface area contributed by atoms with Gasteiger partial charge in [-0.05, 0) is 12.5 Å². The first kappa shape index (κ1) is 15.0. The van der Waals surface area contributed by atoms with E-state index in [-0.39, 0.29) is 17.0 Å². The topological polar surface area (TPSA) is 74.6 Å². The van der Waals surface area contributed by atoms with E-state index in [1.54, 1.807) is 6.07 Å². The highest BCUT2D eigenvalue weighted by atomic mass is 35.5. The second kappa shape index (κ2) is 6.18. The Hall–Kier alpha value is -1.10. The molecular weight excluding hydrogens is 279 g/mol. The number of hydrogen-bond acceptors (Lipinski definition) is 3. The van der Waals surface area contributed by atoms with Gasteiger partial charge in [-0.1, -0.05) is 18.2 Å². The van der Waals surface area contributed by atoms with Gasteiger partial charge in [-0.2, -0.15) is 0 Å². The fraction of sp³-hybridized carbons (Fsp3) is 0.333. The van der Waals surface area contributed by atoms with Crippen molar-refractivity contribution in [2.24, 2.45) is 0 Å². The molecule has 0 aliphatic rings. The Balaban J connectivity index is 3.33. The van der Waals surface area contributed by atoms with Crippen molar-refractivity contribution in [3.05, 3.63) is 34.9 Å². The van der Waals surface area contributed by atoms with Gasteiger partial charge in [0.2, 0.25) is 0 Å². The molecule has 0 aliphatic carbocycles. The third-order valence-electron chi connectivity index (χ3n) is 2.43. The first-order valence-corrected chi connectivity index (χ1v) is 6.13. The predicted molar refractivity (Wildman–Crippen MR) is 68.2 cm³/mol. The van der Waals surface area contributed by atoms with Crippen molar-refractivity contribution >= 4 is 35.0 Å². The fourth-order valence-electron chi connectivity index (χ4n) is 1.49. The number of aliphatic hydroxyl groups excluding tert-OH is 1. The molecule has 1 aromatic carbocycles. The summed E-state index contributed by atoms with van der Waals surface area (Å²) in [7, 11) is 0. The lowest BCUT2D eigenvalue weighted by molar-refractivity contribution is -0.146. The van der Waals surface area contributed by atoms with Crippen LogP contribution in [0.5, 0.6) is 0 Å². The van der Waals surface area contributed by atoms with Gasteiger partial charge in [0, 0.05) is 17.0 Å². The van der Waals surface area contributed by atoms with E-state index in [4.69, 9.17) is 28.3 Å². The van der Waals surface area contributed by atoms with Crippen molar-refractivity contribution < 1.29 is 19.8 Å². The molecule has 1 rings (SSSR count). The number of carbonyl (C=O) groups excluding carboxylic acids is 1. The number of alkyl halides is 2. The van der Waals surface area contributed by atoms with E-state index in [9.17, 15) is 14.7 Å². The van der Waals surface area contributed by atoms with Crippen LogP contribution in [0.15, 0.2) is 18.2 Å². The number of ketones is 1. The normalized spacial score (nSPS) is 14.0. The van der Waals surface area contributed by atoms with Gasteiger partial charge < -0.3 is 10.2 Å². The van der Waals surface area contributed by atoms with Crippen LogP contribution in [0.2, 0.25) is 0 Å². The van der Waals surface area contributed by atoms with E-state index in [2.05, 4.69) is 0 Å². The Morgan fingerprint density at radius 1 is 1.39 bits per heavy atom. The number of carbonyl (C=O) groups is 2. The average molecular weight is 291 g/mol. The number of hydrogen-bond donors (Lipinski definition) is 2. The van der Waals surface area contributed by atoms with Gasteiger partial charge in [0.05, 0.1) is 5.38 Å². The zero-order chi connectivity index (χ0) is 13.9. The molecule has 0 aromatic heterocycles. The molecule has 4 nitrogen and oxygen atoms in total. The Labute approximate surface area is 114 Å². The number of aliphatic carboxylic acids is 1. The van der Waals surface area contributed by atoms with Crippen molar-refractivity contribution in [3.8, 4) is 0 Å². The zero-order valence-corrected chi connectivity index (χ0v) is 11.1. The molecule has 0 spiro atoms. The van der Waals surface area contributed by atoms with Gasteiger partial charge in [0.25, 0.3) is 0 Å². The molecule has 2 N–H and O–H groups in total. The predicted octanol–water partition coefficient (Wildman–Crippen LogP) is 2.35. The minimum atomic E-state index is -1.78. The molecule has 2 atom stereocenters. The number of aliphatic hydroxyl groups is 1. The summed E-state index contributed by atoms with van der Waals surface area (Å²) in [5.41, 5.74) is 0.727. The van der Waals surface area contributed by atoms with Gasteiger partial charge in [-0.15, -0.1) is 23.2 Å². The van der Waals surface area contributed by atoms with Crippen LogP contribution < -0.4 is 0 Å². The van der Waals surface area contributed by atoms with Crippen molar-refractivity contribution in [1.82, 2.24) is 0 Å². The van der Waals surface area contributed by atoms with Gasteiger partial charge >= 0.3 is 5.97 Å². The summed E-state index contributed by atoms with van der Waals surface area (Å²) in [6, 6.07) is 4.43. The molecule has 0 amide bonds. The molecule has 0 saturated carbocycles. The van der Waals surface area contributed by atoms with Crippen LogP contribution in [0.3, 0.4) is 0 Å². The number of benzene rings is 1. The Morgan fingerprint density at radius 3 is 2.44 bits per heavy atom. The van der Waals surface area contributed by atoms with Crippen LogP contribution in [0.1, 0.15) is 34.5 Å². The van der Waals surface area contributed by atoms with Crippen molar-refractivity contribution in [2.45, 2.75) is 24.3 Å². The highest BCUT2D eigenvalue weighted by Crippen LogP contribution is 2.23. The highest BCUT2D eigenvalue weighted by Gasteiger charge is 2.24. The molecule has 0 aliphatic heterocycles. The minimum absolute atomic E-state index is 0.0122. The zero-order valence-electron chi connectivity index (χ0n) is 9.56. The number of Topliss-reactive ketones (excluding diaryl/α,β-unsaturated/α-hetero) is 1. The Morgan fingerprint density at radius 2 is 2.00 bits per heavy atom. The molecule has 0 radical (unpaired) electrons. The maximum Gasteiger partial charge on any atom is 0.337 e. The fourth-order valence-corrected chi connectivity index (χ4v) is 1.78. The molecule has 0 saturated heterocycles. The van der Waals surface area contributed by atoms with Crippen LogP contribution >= 0.6 is 23.2 Å². The molecule has 98 valence electrons. The summed E-state index contributed by atoms with van der Waals surface area (Å²) in [5, 5.41) is 17.6. The summed E-state index contributed by atoms with van der Waals surface area (Å²) in [4.78, 5) is 22.6. The van der Waals surface area contributed by atoms with Crippen LogP contribution in [0.25, 0.3) is 0 Å². The summed E-state index contributed by atoms with van der Waals surface area (Å²) in [5.74, 6) is -1.71. The standard InChI is InChI=1S/C12H12Cl2O4/c1-6(14)10(15)8-3-2-7(5-13)4-9(8)11(16)12(17)18/h2-4,6,11,16H,5H2,1H3,(H,17,18). The van der Waals surface area contributed by atoms with E-state index in [0.29, 0.717) is 5.56 Å². The molecule has 2 unspecified atom stereocenters. The third-order valence-corrected chi connectivity index (χ3v) is 2.93. The van der Waals surface area contributed by atoms with Crippen molar-refractivity contribution in [1.29, 1.82) is 0 Å². The highest BCUT2D eigenvalue weighted by molar-refractivity contribution is 6.33. The van der Waals surface area contributed by atoms with E-state index in [0.717, 1.165) is 0 Å². The quantitative estimate of drug-likeness (QED) is 0.645. The van der Waals surface area contributed by atoms with Crippen LogP contribution in [0.4, 0.5) is 0 Å².